The number of carbonyl (C=O) groups excluding carboxylic acids is 3. The van der Waals surface area contributed by atoms with Crippen molar-refractivity contribution in [3.63, 3.8) is 0 Å². The van der Waals surface area contributed by atoms with Gasteiger partial charge in [0.1, 0.15) is 18.5 Å². The molecule has 0 fully saturated rings. The average molecular weight is 480 g/mol. The molecule has 2 amide bonds. The van der Waals surface area contributed by atoms with Gasteiger partial charge in [-0.3, -0.25) is 9.69 Å². The number of rotatable bonds is 6. The molecule has 160 valence electrons. The molecule has 0 aliphatic heterocycles. The number of carbonyl (C=O) groups is 3. The molecule has 2 rings (SSSR count). The Balaban J connectivity index is 2.21. The highest BCUT2D eigenvalue weighted by Crippen LogP contribution is 2.20. The van der Waals surface area contributed by atoms with Crippen LogP contribution in [0.5, 0.6) is 0 Å². The molecule has 0 aliphatic carbocycles. The molecule has 10 nitrogen and oxygen atoms in total. The van der Waals surface area contributed by atoms with Crippen molar-refractivity contribution in [2.75, 3.05) is 19.0 Å². The zero-order valence-corrected chi connectivity index (χ0v) is 18.6. The summed E-state index contributed by atoms with van der Waals surface area (Å²) in [6.07, 6.45) is 3.60. The Morgan fingerprint density at radius 3 is 2.57 bits per heavy atom. The lowest BCUT2D eigenvalue weighted by Gasteiger charge is -2.27. The number of ether oxygens (including phenoxy) is 2. The van der Waals surface area contributed by atoms with Gasteiger partial charge in [0.25, 0.3) is 0 Å². The molecule has 0 aromatic carbocycles. The molecule has 2 heterocycles. The molecule has 0 unspecified atom stereocenters. The van der Waals surface area contributed by atoms with Crippen molar-refractivity contribution in [1.29, 1.82) is 0 Å². The van der Waals surface area contributed by atoms with Crippen molar-refractivity contribution in [3.8, 4) is 0 Å². The molecule has 0 radical (unpaired) electrons. The monoisotopic (exact) mass is 479 g/mol. The largest absolute Gasteiger partial charge is 0.464 e. The topological polar surface area (TPSA) is 124 Å². The predicted molar refractivity (Wildman–Crippen MR) is 111 cm³/mol. The van der Waals surface area contributed by atoms with Crippen LogP contribution in [-0.2, 0) is 20.8 Å². The molecule has 0 saturated heterocycles. The smallest absolute Gasteiger partial charge is 0.411 e. The lowest BCUT2D eigenvalue weighted by Crippen LogP contribution is -2.41. The van der Waals surface area contributed by atoms with E-state index in [4.69, 9.17) is 4.74 Å². The van der Waals surface area contributed by atoms with Crippen molar-refractivity contribution in [1.82, 2.24) is 19.9 Å². The number of pyridine rings is 1. The number of nitrogens with zero attached hydrogens (tertiary/aromatic N) is 4. The second-order valence-corrected chi connectivity index (χ2v) is 8.04. The molecule has 1 N–H and O–H groups in total. The van der Waals surface area contributed by atoms with Crippen LogP contribution in [0.4, 0.5) is 10.5 Å². The number of esters is 1. The van der Waals surface area contributed by atoms with E-state index in [1.165, 1.54) is 36.8 Å². The highest BCUT2D eigenvalue weighted by Gasteiger charge is 2.25. The van der Waals surface area contributed by atoms with Crippen molar-refractivity contribution < 1.29 is 23.9 Å². The molecule has 0 atom stereocenters. The van der Waals surface area contributed by atoms with Crippen molar-refractivity contribution in [2.45, 2.75) is 32.9 Å². The second kappa shape index (κ2) is 10.1. The van der Waals surface area contributed by atoms with E-state index in [2.05, 4.69) is 40.9 Å². The molecule has 30 heavy (non-hydrogen) atoms. The van der Waals surface area contributed by atoms with Gasteiger partial charge < -0.3 is 14.8 Å². The summed E-state index contributed by atoms with van der Waals surface area (Å²) >= 11 is 3.24. The van der Waals surface area contributed by atoms with Gasteiger partial charge in [0, 0.05) is 16.9 Å². The summed E-state index contributed by atoms with van der Waals surface area (Å²) in [6, 6.07) is 3.14. The molecular weight excluding hydrogens is 458 g/mol. The molecular formula is C19H22BrN5O5. The van der Waals surface area contributed by atoms with Gasteiger partial charge in [-0.15, -0.1) is 0 Å². The number of amides is 2. The van der Waals surface area contributed by atoms with Crippen LogP contribution in [0.15, 0.2) is 35.3 Å². The van der Waals surface area contributed by atoms with Crippen LogP contribution in [0.25, 0.3) is 0 Å². The van der Waals surface area contributed by atoms with Gasteiger partial charge in [0.2, 0.25) is 5.91 Å². The molecule has 2 aromatic rings. The van der Waals surface area contributed by atoms with Gasteiger partial charge >= 0.3 is 12.1 Å². The maximum Gasteiger partial charge on any atom is 0.411 e. The summed E-state index contributed by atoms with van der Waals surface area (Å²) in [5, 5.41) is 2.59. The van der Waals surface area contributed by atoms with Crippen LogP contribution >= 0.6 is 15.9 Å². The number of anilines is 1. The molecule has 0 aliphatic rings. The first-order valence-corrected chi connectivity index (χ1v) is 9.65. The molecule has 11 heteroatoms. The van der Waals surface area contributed by atoms with E-state index >= 15 is 0 Å². The number of hydrogen-bond donors (Lipinski definition) is 1. The first kappa shape index (κ1) is 23.2. The van der Waals surface area contributed by atoms with Gasteiger partial charge in [-0.25, -0.2) is 24.5 Å². The average Bonchev–Trinajstić information content (AvgIpc) is 2.66. The van der Waals surface area contributed by atoms with E-state index in [1.807, 2.05) is 0 Å². The molecule has 2 aromatic heterocycles. The van der Waals surface area contributed by atoms with E-state index in [1.54, 1.807) is 26.8 Å². The van der Waals surface area contributed by atoms with Crippen LogP contribution in [0, 0.1) is 0 Å². The van der Waals surface area contributed by atoms with Gasteiger partial charge in [0.15, 0.2) is 5.69 Å². The van der Waals surface area contributed by atoms with E-state index in [-0.39, 0.29) is 24.5 Å². The maximum absolute atomic E-state index is 12.7. The Morgan fingerprint density at radius 1 is 1.23 bits per heavy atom. The number of methoxy groups -OCH3 is 1. The number of halogens is 1. The van der Waals surface area contributed by atoms with Gasteiger partial charge in [0.05, 0.1) is 25.0 Å². The Bertz CT molecular complexity index is 917. The summed E-state index contributed by atoms with van der Waals surface area (Å²) in [6.45, 7) is 4.87. The van der Waals surface area contributed by atoms with Crippen LogP contribution in [0.3, 0.4) is 0 Å². The number of hydrogen-bond acceptors (Lipinski definition) is 8. The highest BCUT2D eigenvalue weighted by atomic mass is 79.9. The summed E-state index contributed by atoms with van der Waals surface area (Å²) in [7, 11) is 1.21. The standard InChI is InChI=1S/C19H22BrN5O5/c1-19(2,3)30-18(28)25(9-13-5-6-21-11-23-13)10-15(26)24-14-7-12(20)8-22-16(14)17(27)29-4/h5-8,11H,9-10H2,1-4H3,(H,24,26). The molecule has 0 spiro atoms. The quantitative estimate of drug-likeness (QED) is 0.627. The first-order valence-electron chi connectivity index (χ1n) is 8.85. The van der Waals surface area contributed by atoms with E-state index in [0.29, 0.717) is 10.2 Å². The summed E-state index contributed by atoms with van der Waals surface area (Å²) in [5.41, 5.74) is -0.131. The SMILES string of the molecule is COC(=O)c1ncc(Br)cc1NC(=O)CN(Cc1ccncn1)C(=O)OC(C)(C)C. The van der Waals surface area contributed by atoms with Crippen LogP contribution in [0.2, 0.25) is 0 Å². The third-order valence-corrected chi connectivity index (χ3v) is 3.92. The van der Waals surface area contributed by atoms with E-state index in [9.17, 15) is 14.4 Å². The van der Waals surface area contributed by atoms with Crippen molar-refractivity contribution in [3.05, 3.63) is 46.7 Å². The zero-order chi connectivity index (χ0) is 22.3. The summed E-state index contributed by atoms with van der Waals surface area (Å²) in [5.74, 6) is -1.26. The first-order chi connectivity index (χ1) is 14.1. The Hall–Kier alpha value is -3.08. The third kappa shape index (κ3) is 7.07. The summed E-state index contributed by atoms with van der Waals surface area (Å²) < 4.78 is 10.6. The van der Waals surface area contributed by atoms with Crippen LogP contribution < -0.4 is 5.32 Å². The maximum atomic E-state index is 12.7. The Kier molecular flexibility index (Phi) is 7.81. The van der Waals surface area contributed by atoms with Crippen molar-refractivity contribution in [2.24, 2.45) is 0 Å². The zero-order valence-electron chi connectivity index (χ0n) is 17.0. The predicted octanol–water partition coefficient (Wildman–Crippen LogP) is 2.80. The minimum atomic E-state index is -0.746. The third-order valence-electron chi connectivity index (χ3n) is 3.49. The lowest BCUT2D eigenvalue weighted by molar-refractivity contribution is -0.117. The fourth-order valence-electron chi connectivity index (χ4n) is 2.28. The van der Waals surface area contributed by atoms with E-state index in [0.717, 1.165) is 0 Å². The van der Waals surface area contributed by atoms with Gasteiger partial charge in [-0.05, 0) is 48.8 Å². The van der Waals surface area contributed by atoms with Gasteiger partial charge in [-0.2, -0.15) is 0 Å². The lowest BCUT2D eigenvalue weighted by atomic mass is 10.2. The van der Waals surface area contributed by atoms with Crippen molar-refractivity contribution >= 4 is 39.6 Å². The fourth-order valence-corrected chi connectivity index (χ4v) is 2.61. The van der Waals surface area contributed by atoms with E-state index < -0.39 is 23.6 Å². The van der Waals surface area contributed by atoms with Gasteiger partial charge in [-0.1, -0.05) is 0 Å². The minimum absolute atomic E-state index is 0.0332. The summed E-state index contributed by atoms with van der Waals surface area (Å²) in [4.78, 5) is 50.3. The minimum Gasteiger partial charge on any atom is -0.464 e. The second-order valence-electron chi connectivity index (χ2n) is 7.13. The number of aromatic nitrogens is 3. The Labute approximate surface area is 182 Å². The van der Waals surface area contributed by atoms with Crippen LogP contribution in [0.1, 0.15) is 37.0 Å². The Morgan fingerprint density at radius 2 is 1.97 bits per heavy atom. The van der Waals surface area contributed by atoms with Crippen LogP contribution in [-0.4, -0.2) is 57.1 Å². The number of nitrogens with one attached hydrogen (secondary N) is 1. The fraction of sp³-hybridized carbons (Fsp3) is 0.368. The normalized spacial score (nSPS) is 10.8. The highest BCUT2D eigenvalue weighted by molar-refractivity contribution is 9.10. The molecule has 0 bridgehead atoms. The molecule has 0 saturated carbocycles.